The molecular formula is C19H20F3N3O3. The molecule has 28 heavy (non-hydrogen) atoms. The van der Waals surface area contributed by atoms with Crippen molar-refractivity contribution in [2.24, 2.45) is 11.7 Å². The van der Waals surface area contributed by atoms with Crippen LogP contribution in [0.2, 0.25) is 0 Å². The minimum Gasteiger partial charge on any atom is -0.477 e. The summed E-state index contributed by atoms with van der Waals surface area (Å²) in [4.78, 5) is 25.7. The Morgan fingerprint density at radius 3 is 2.61 bits per heavy atom. The Morgan fingerprint density at radius 2 is 2.07 bits per heavy atom. The number of fused-ring (bicyclic) bond motifs is 1. The van der Waals surface area contributed by atoms with Gasteiger partial charge in [-0.25, -0.2) is 13.6 Å². The largest absolute Gasteiger partial charge is 0.477 e. The molecule has 0 amide bonds. The van der Waals surface area contributed by atoms with Gasteiger partial charge in [-0.2, -0.15) is 0 Å². The van der Waals surface area contributed by atoms with Crippen LogP contribution in [0.1, 0.15) is 28.4 Å². The van der Waals surface area contributed by atoms with E-state index >= 15 is 0 Å². The molecule has 1 saturated heterocycles. The van der Waals surface area contributed by atoms with E-state index in [2.05, 4.69) is 0 Å². The maximum Gasteiger partial charge on any atom is 0.341 e. The predicted molar refractivity (Wildman–Crippen MR) is 98.1 cm³/mol. The molecule has 9 heteroatoms. The lowest BCUT2D eigenvalue weighted by Crippen LogP contribution is -2.30. The first kappa shape index (κ1) is 18.8. The molecule has 0 bridgehead atoms. The number of aromatic carboxylic acids is 1. The summed E-state index contributed by atoms with van der Waals surface area (Å²) in [7, 11) is 0. The monoisotopic (exact) mass is 395 g/mol. The van der Waals surface area contributed by atoms with Crippen LogP contribution in [0, 0.1) is 18.7 Å². The third kappa shape index (κ3) is 2.76. The molecule has 1 aliphatic heterocycles. The fraction of sp³-hybridized carbons (Fsp3) is 0.474. The molecule has 1 aromatic heterocycles. The average Bonchev–Trinajstić information content (AvgIpc) is 3.24. The number of nitrogens with zero attached hydrogens (tertiary/aromatic N) is 2. The van der Waals surface area contributed by atoms with Gasteiger partial charge in [0.15, 0.2) is 0 Å². The maximum absolute atomic E-state index is 15.0. The number of pyridine rings is 1. The Bertz CT molecular complexity index is 1040. The smallest absolute Gasteiger partial charge is 0.341 e. The van der Waals surface area contributed by atoms with Crippen molar-refractivity contribution in [3.05, 3.63) is 39.4 Å². The molecule has 1 saturated carbocycles. The summed E-state index contributed by atoms with van der Waals surface area (Å²) in [5, 5.41) is 9.20. The van der Waals surface area contributed by atoms with Crippen LogP contribution < -0.4 is 16.1 Å². The highest BCUT2D eigenvalue weighted by Gasteiger charge is 2.41. The number of carboxylic acids is 1. The third-order valence-corrected chi connectivity index (χ3v) is 5.75. The number of carbonyl (C=O) groups is 1. The summed E-state index contributed by atoms with van der Waals surface area (Å²) in [5.41, 5.74) is 5.46. The molecular weight excluding hydrogens is 375 g/mol. The molecule has 0 radical (unpaired) electrons. The zero-order valence-corrected chi connectivity index (χ0v) is 15.2. The van der Waals surface area contributed by atoms with Crippen LogP contribution in [0.4, 0.5) is 18.9 Å². The van der Waals surface area contributed by atoms with Gasteiger partial charge in [-0.15, -0.1) is 0 Å². The Hall–Kier alpha value is -2.55. The van der Waals surface area contributed by atoms with E-state index in [0.29, 0.717) is 11.1 Å². The molecule has 1 aliphatic carbocycles. The quantitative estimate of drug-likeness (QED) is 0.828. The van der Waals surface area contributed by atoms with Gasteiger partial charge in [0.1, 0.15) is 17.6 Å². The van der Waals surface area contributed by atoms with Crippen molar-refractivity contribution in [1.29, 1.82) is 0 Å². The number of hydrogen-bond donors (Lipinski definition) is 2. The van der Waals surface area contributed by atoms with E-state index in [4.69, 9.17) is 5.73 Å². The summed E-state index contributed by atoms with van der Waals surface area (Å²) in [5.74, 6) is -2.59. The van der Waals surface area contributed by atoms with Crippen molar-refractivity contribution in [3.8, 4) is 0 Å². The summed E-state index contributed by atoms with van der Waals surface area (Å²) in [6, 6.07) is -0.0558. The lowest BCUT2D eigenvalue weighted by molar-refractivity contribution is 0.0694. The van der Waals surface area contributed by atoms with E-state index in [0.717, 1.165) is 12.3 Å². The van der Waals surface area contributed by atoms with Gasteiger partial charge in [0, 0.05) is 43.1 Å². The average molecular weight is 395 g/mol. The van der Waals surface area contributed by atoms with Gasteiger partial charge >= 0.3 is 5.97 Å². The first-order valence-electron chi connectivity index (χ1n) is 9.06. The molecule has 1 aromatic carbocycles. The molecule has 6 nitrogen and oxygen atoms in total. The number of alkyl halides is 2. The van der Waals surface area contributed by atoms with Gasteiger partial charge in [-0.05, 0) is 18.6 Å². The van der Waals surface area contributed by atoms with Crippen molar-refractivity contribution in [2.75, 3.05) is 24.7 Å². The molecule has 2 heterocycles. The summed E-state index contributed by atoms with van der Waals surface area (Å²) in [6.45, 7) is 1.46. The Morgan fingerprint density at radius 1 is 1.39 bits per heavy atom. The van der Waals surface area contributed by atoms with Crippen LogP contribution in [-0.2, 0) is 0 Å². The number of carboxylic acid groups (broad SMARTS) is 1. The minimum absolute atomic E-state index is 0.108. The Labute approximate surface area is 158 Å². The van der Waals surface area contributed by atoms with Gasteiger partial charge in [0.2, 0.25) is 5.43 Å². The molecule has 2 aliphatic rings. The lowest BCUT2D eigenvalue weighted by Gasteiger charge is -2.24. The second-order valence-corrected chi connectivity index (χ2v) is 7.61. The molecule has 0 unspecified atom stereocenters. The molecule has 4 rings (SSSR count). The molecule has 2 aromatic rings. The number of hydrogen-bond acceptors (Lipinski definition) is 4. The van der Waals surface area contributed by atoms with Gasteiger partial charge in [0.05, 0.1) is 23.9 Å². The van der Waals surface area contributed by atoms with E-state index in [9.17, 15) is 27.9 Å². The summed E-state index contributed by atoms with van der Waals surface area (Å²) >= 11 is 0. The van der Waals surface area contributed by atoms with E-state index in [1.807, 2.05) is 0 Å². The third-order valence-electron chi connectivity index (χ3n) is 5.75. The Kier molecular flexibility index (Phi) is 4.37. The molecule has 2 fully saturated rings. The summed E-state index contributed by atoms with van der Waals surface area (Å²) < 4.78 is 43.3. The topological polar surface area (TPSA) is 88.6 Å². The van der Waals surface area contributed by atoms with E-state index in [-0.39, 0.29) is 30.6 Å². The normalized spacial score (nSPS) is 26.8. The number of nitrogens with two attached hydrogens (primary N) is 1. The second kappa shape index (κ2) is 6.51. The van der Waals surface area contributed by atoms with E-state index < -0.39 is 53.6 Å². The zero-order chi connectivity index (χ0) is 20.3. The van der Waals surface area contributed by atoms with Crippen molar-refractivity contribution in [3.63, 3.8) is 0 Å². The number of anilines is 1. The number of halogens is 3. The molecule has 3 N–H and O–H groups in total. The highest BCUT2D eigenvalue weighted by molar-refractivity contribution is 5.95. The highest BCUT2D eigenvalue weighted by Crippen LogP contribution is 2.43. The first-order valence-corrected chi connectivity index (χ1v) is 9.06. The van der Waals surface area contributed by atoms with Gasteiger partial charge in [-0.1, -0.05) is 0 Å². The maximum atomic E-state index is 15.0. The van der Waals surface area contributed by atoms with Crippen LogP contribution in [0.25, 0.3) is 10.9 Å². The number of rotatable bonds is 4. The minimum atomic E-state index is -1.45. The fourth-order valence-electron chi connectivity index (χ4n) is 4.15. The molecule has 0 spiro atoms. The van der Waals surface area contributed by atoms with Gasteiger partial charge in [0.25, 0.3) is 0 Å². The number of benzene rings is 1. The van der Waals surface area contributed by atoms with Crippen molar-refractivity contribution >= 4 is 22.6 Å². The number of aryl methyl sites for hydroxylation is 1. The second-order valence-electron chi connectivity index (χ2n) is 7.61. The van der Waals surface area contributed by atoms with Gasteiger partial charge in [-0.3, -0.25) is 9.18 Å². The zero-order valence-electron chi connectivity index (χ0n) is 15.2. The van der Waals surface area contributed by atoms with Crippen molar-refractivity contribution in [2.45, 2.75) is 31.6 Å². The van der Waals surface area contributed by atoms with Crippen LogP contribution >= 0.6 is 0 Å². The lowest BCUT2D eigenvalue weighted by atomic mass is 10.0. The number of aromatic nitrogens is 1. The van der Waals surface area contributed by atoms with Gasteiger partial charge < -0.3 is 20.3 Å². The van der Waals surface area contributed by atoms with Crippen LogP contribution in [0.3, 0.4) is 0 Å². The SMILES string of the molecule is Cc1c(N2C[C@H](CF)[C@H](N)C2)c(F)cc2c(=O)c(C(=O)O)cn([C@@H]3C[C@@H]3F)c12. The van der Waals surface area contributed by atoms with Crippen LogP contribution in [0.15, 0.2) is 17.1 Å². The summed E-state index contributed by atoms with van der Waals surface area (Å²) in [6.07, 6.45) is 0.171. The van der Waals surface area contributed by atoms with Crippen LogP contribution in [0.5, 0.6) is 0 Å². The fourth-order valence-corrected chi connectivity index (χ4v) is 4.15. The highest BCUT2D eigenvalue weighted by atomic mass is 19.1. The predicted octanol–water partition coefficient (Wildman–Crippen LogP) is 2.16. The Balaban J connectivity index is 1.97. The van der Waals surface area contributed by atoms with Crippen molar-refractivity contribution in [1.82, 2.24) is 4.57 Å². The van der Waals surface area contributed by atoms with Crippen LogP contribution in [-0.4, -0.2) is 47.6 Å². The molecule has 150 valence electrons. The standard InChI is InChI=1S/C19H20F3N3O3/c1-8-16-10(2-13(22)17(8)24-5-9(4-20)14(23)7-24)18(26)11(19(27)28)6-25(16)15-3-12(15)21/h2,6,9,12,14-15H,3-5,7,23H2,1H3,(H,27,28)/t9-,12-,14+,15+/m0/s1. The molecule has 4 atom stereocenters. The van der Waals surface area contributed by atoms with Crippen molar-refractivity contribution < 1.29 is 23.1 Å². The first-order chi connectivity index (χ1) is 13.2. The van der Waals surface area contributed by atoms with E-state index in [1.54, 1.807) is 11.8 Å². The van der Waals surface area contributed by atoms with E-state index in [1.165, 1.54) is 4.57 Å².